The lowest BCUT2D eigenvalue weighted by molar-refractivity contribution is 0.380. The number of halogens is 3. The van der Waals surface area contributed by atoms with Crippen molar-refractivity contribution in [3.05, 3.63) is 59.4 Å². The molecule has 0 saturated carbocycles. The van der Waals surface area contributed by atoms with Crippen LogP contribution in [0.4, 0.5) is 18.9 Å². The fourth-order valence-electron chi connectivity index (χ4n) is 1.71. The standard InChI is InChI=1S/C14H13F3N2O/c1-20-12-7-11(15)14(17)13(16)10(12)8-18-19-9-5-3-2-4-6-9/h2-7,18-19H,8H2,1H3. The van der Waals surface area contributed by atoms with E-state index in [1.807, 2.05) is 18.2 Å². The van der Waals surface area contributed by atoms with Gasteiger partial charge in [0.05, 0.1) is 7.11 Å². The molecule has 0 aliphatic heterocycles. The maximum absolute atomic E-state index is 13.7. The molecule has 0 saturated heterocycles. The van der Waals surface area contributed by atoms with Gasteiger partial charge in [0.25, 0.3) is 0 Å². The summed E-state index contributed by atoms with van der Waals surface area (Å²) in [6.07, 6.45) is 0. The van der Waals surface area contributed by atoms with E-state index in [0.29, 0.717) is 0 Å². The van der Waals surface area contributed by atoms with Gasteiger partial charge in [-0.2, -0.15) is 0 Å². The van der Waals surface area contributed by atoms with E-state index in [1.165, 1.54) is 7.11 Å². The highest BCUT2D eigenvalue weighted by Gasteiger charge is 2.18. The van der Waals surface area contributed by atoms with Gasteiger partial charge in [0.2, 0.25) is 0 Å². The third-order valence-corrected chi connectivity index (χ3v) is 2.71. The first-order valence-electron chi connectivity index (χ1n) is 5.87. The molecule has 2 aromatic rings. The van der Waals surface area contributed by atoms with Crippen LogP contribution in [-0.4, -0.2) is 7.11 Å². The lowest BCUT2D eigenvalue weighted by Gasteiger charge is -2.13. The molecule has 20 heavy (non-hydrogen) atoms. The van der Waals surface area contributed by atoms with Gasteiger partial charge in [-0.1, -0.05) is 18.2 Å². The molecular weight excluding hydrogens is 269 g/mol. The van der Waals surface area contributed by atoms with E-state index in [9.17, 15) is 13.2 Å². The number of rotatable bonds is 5. The topological polar surface area (TPSA) is 33.3 Å². The number of methoxy groups -OCH3 is 1. The molecule has 0 aliphatic carbocycles. The van der Waals surface area contributed by atoms with E-state index < -0.39 is 17.5 Å². The number of hydrogen-bond acceptors (Lipinski definition) is 3. The first kappa shape index (κ1) is 14.2. The Balaban J connectivity index is 2.11. The van der Waals surface area contributed by atoms with Crippen molar-refractivity contribution >= 4 is 5.69 Å². The average Bonchev–Trinajstić information content (AvgIpc) is 2.48. The van der Waals surface area contributed by atoms with Crippen molar-refractivity contribution in [2.75, 3.05) is 12.5 Å². The van der Waals surface area contributed by atoms with Gasteiger partial charge in [-0.15, -0.1) is 0 Å². The fourth-order valence-corrected chi connectivity index (χ4v) is 1.71. The number of para-hydroxylation sites is 1. The summed E-state index contributed by atoms with van der Waals surface area (Å²) >= 11 is 0. The van der Waals surface area contributed by atoms with Crippen LogP contribution >= 0.6 is 0 Å². The largest absolute Gasteiger partial charge is 0.496 e. The van der Waals surface area contributed by atoms with Crippen LogP contribution in [0.1, 0.15) is 5.56 Å². The van der Waals surface area contributed by atoms with Gasteiger partial charge < -0.3 is 10.2 Å². The highest BCUT2D eigenvalue weighted by atomic mass is 19.2. The molecule has 0 amide bonds. The summed E-state index contributed by atoms with van der Waals surface area (Å²) in [6.45, 7) is -0.0684. The van der Waals surface area contributed by atoms with E-state index in [4.69, 9.17) is 4.74 Å². The molecule has 0 aromatic heterocycles. The molecule has 0 bridgehead atoms. The maximum Gasteiger partial charge on any atom is 0.195 e. The van der Waals surface area contributed by atoms with Gasteiger partial charge in [0.15, 0.2) is 17.5 Å². The van der Waals surface area contributed by atoms with E-state index in [1.54, 1.807) is 12.1 Å². The number of hydrogen-bond donors (Lipinski definition) is 2. The Bertz CT molecular complexity index is 591. The van der Waals surface area contributed by atoms with Gasteiger partial charge in [-0.25, -0.2) is 18.6 Å². The normalized spacial score (nSPS) is 10.4. The Hall–Kier alpha value is -2.21. The lowest BCUT2D eigenvalue weighted by atomic mass is 10.1. The summed E-state index contributed by atoms with van der Waals surface area (Å²) in [5.74, 6) is -4.10. The summed E-state index contributed by atoms with van der Waals surface area (Å²) in [5, 5.41) is 0. The van der Waals surface area contributed by atoms with E-state index in [-0.39, 0.29) is 17.9 Å². The van der Waals surface area contributed by atoms with Crippen LogP contribution in [0.25, 0.3) is 0 Å². The molecule has 106 valence electrons. The van der Waals surface area contributed by atoms with Crippen molar-refractivity contribution in [3.63, 3.8) is 0 Å². The van der Waals surface area contributed by atoms with Crippen molar-refractivity contribution in [3.8, 4) is 5.75 Å². The van der Waals surface area contributed by atoms with E-state index >= 15 is 0 Å². The molecule has 0 atom stereocenters. The van der Waals surface area contributed by atoms with Crippen molar-refractivity contribution in [1.82, 2.24) is 5.43 Å². The third kappa shape index (κ3) is 3.03. The zero-order valence-electron chi connectivity index (χ0n) is 10.7. The Morgan fingerprint density at radius 3 is 2.40 bits per heavy atom. The molecule has 2 aromatic carbocycles. The minimum Gasteiger partial charge on any atom is -0.496 e. The number of ether oxygens (including phenoxy) is 1. The van der Waals surface area contributed by atoms with Crippen LogP contribution in [-0.2, 0) is 6.54 Å². The van der Waals surface area contributed by atoms with Crippen LogP contribution in [0.3, 0.4) is 0 Å². The monoisotopic (exact) mass is 282 g/mol. The third-order valence-electron chi connectivity index (χ3n) is 2.71. The second kappa shape index (κ2) is 6.29. The summed E-state index contributed by atoms with van der Waals surface area (Å²) in [5.41, 5.74) is 6.21. The second-order valence-electron chi connectivity index (χ2n) is 4.01. The Morgan fingerprint density at radius 1 is 1.05 bits per heavy atom. The molecular formula is C14H13F3N2O. The fraction of sp³-hybridized carbons (Fsp3) is 0.143. The Labute approximate surface area is 114 Å². The second-order valence-corrected chi connectivity index (χ2v) is 4.01. The van der Waals surface area contributed by atoms with Crippen LogP contribution in [0.5, 0.6) is 5.75 Å². The first-order chi connectivity index (χ1) is 9.63. The predicted octanol–water partition coefficient (Wildman–Crippen LogP) is 3.23. The lowest BCUT2D eigenvalue weighted by Crippen LogP contribution is -2.22. The van der Waals surface area contributed by atoms with Crippen LogP contribution in [0.15, 0.2) is 36.4 Å². The highest BCUT2D eigenvalue weighted by Crippen LogP contribution is 2.26. The molecule has 0 fully saturated rings. The quantitative estimate of drug-likeness (QED) is 0.652. The summed E-state index contributed by atoms with van der Waals surface area (Å²) in [7, 11) is 1.26. The van der Waals surface area contributed by atoms with Gasteiger partial charge in [-0.05, 0) is 12.1 Å². The maximum atomic E-state index is 13.7. The zero-order chi connectivity index (χ0) is 14.5. The molecule has 0 radical (unpaired) electrons. The van der Waals surface area contributed by atoms with E-state index in [0.717, 1.165) is 11.8 Å². The minimum absolute atomic E-state index is 0.0521. The highest BCUT2D eigenvalue weighted by molar-refractivity contribution is 5.42. The number of hydrazine groups is 1. The summed E-state index contributed by atoms with van der Waals surface area (Å²) < 4.78 is 44.8. The van der Waals surface area contributed by atoms with Gasteiger partial charge >= 0.3 is 0 Å². The van der Waals surface area contributed by atoms with E-state index in [2.05, 4.69) is 10.9 Å². The Morgan fingerprint density at radius 2 is 1.75 bits per heavy atom. The molecule has 0 spiro atoms. The zero-order valence-corrected chi connectivity index (χ0v) is 10.7. The molecule has 3 nitrogen and oxygen atoms in total. The Kier molecular flexibility index (Phi) is 4.47. The summed E-state index contributed by atoms with van der Waals surface area (Å²) in [4.78, 5) is 0. The molecule has 0 heterocycles. The molecule has 0 unspecified atom stereocenters. The van der Waals surface area contributed by atoms with Gasteiger partial charge in [0, 0.05) is 23.9 Å². The number of nitrogens with one attached hydrogen (secondary N) is 2. The molecule has 2 N–H and O–H groups in total. The predicted molar refractivity (Wildman–Crippen MR) is 69.8 cm³/mol. The van der Waals surface area contributed by atoms with Crippen molar-refractivity contribution in [1.29, 1.82) is 0 Å². The van der Waals surface area contributed by atoms with Gasteiger partial charge in [0.1, 0.15) is 5.75 Å². The van der Waals surface area contributed by atoms with Crippen molar-refractivity contribution in [2.45, 2.75) is 6.54 Å². The minimum atomic E-state index is -1.51. The molecule has 6 heteroatoms. The SMILES string of the molecule is COc1cc(F)c(F)c(F)c1CNNc1ccccc1. The van der Waals surface area contributed by atoms with Gasteiger partial charge in [-0.3, -0.25) is 0 Å². The molecule has 0 aliphatic rings. The molecule has 2 rings (SSSR count). The van der Waals surface area contributed by atoms with Crippen LogP contribution in [0.2, 0.25) is 0 Å². The number of anilines is 1. The van der Waals surface area contributed by atoms with Crippen molar-refractivity contribution in [2.24, 2.45) is 0 Å². The van der Waals surface area contributed by atoms with Crippen LogP contribution < -0.4 is 15.6 Å². The smallest absolute Gasteiger partial charge is 0.195 e. The number of benzene rings is 2. The first-order valence-corrected chi connectivity index (χ1v) is 5.87. The average molecular weight is 282 g/mol. The van der Waals surface area contributed by atoms with Crippen LogP contribution in [0, 0.1) is 17.5 Å². The summed E-state index contributed by atoms with van der Waals surface area (Å²) in [6, 6.07) is 9.91. The van der Waals surface area contributed by atoms with Crippen molar-refractivity contribution < 1.29 is 17.9 Å².